The molecule has 0 radical (unpaired) electrons. The van der Waals surface area contributed by atoms with Crippen LogP contribution in [0.1, 0.15) is 36.8 Å². The molecule has 2 fully saturated rings. The van der Waals surface area contributed by atoms with Crippen molar-refractivity contribution < 1.29 is 31.9 Å². The van der Waals surface area contributed by atoms with Gasteiger partial charge in [-0.1, -0.05) is 78.9 Å². The number of nitrogens with zero attached hydrogens (tertiary/aromatic N) is 7. The summed E-state index contributed by atoms with van der Waals surface area (Å²) in [6.07, 6.45) is 9.33. The fraction of sp³-hybridized carbons (Fsp3) is 0.269. The highest BCUT2D eigenvalue weighted by molar-refractivity contribution is 5.78. The van der Waals surface area contributed by atoms with Crippen molar-refractivity contribution in [1.29, 1.82) is 0 Å². The van der Waals surface area contributed by atoms with Crippen molar-refractivity contribution in [3.63, 3.8) is 0 Å². The Bertz CT molecular complexity index is 2650. The lowest BCUT2D eigenvalue weighted by Crippen LogP contribution is -2.46. The molecule has 7 aromatic rings. The van der Waals surface area contributed by atoms with Gasteiger partial charge in [0.2, 0.25) is 0 Å². The number of piperidine rings is 2. The first-order valence-electron chi connectivity index (χ1n) is 22.3. The molecule has 0 saturated carbocycles. The Morgan fingerprint density at radius 1 is 0.612 bits per heavy atom. The maximum atomic E-state index is 13.5. The number of imidazole rings is 2. The third-order valence-electron chi connectivity index (χ3n) is 11.9. The van der Waals surface area contributed by atoms with Gasteiger partial charge in [0.25, 0.3) is 0 Å². The number of hydrogen-bond donors (Lipinski definition) is 1. The van der Waals surface area contributed by atoms with Gasteiger partial charge in [-0.2, -0.15) is 0 Å². The van der Waals surface area contributed by atoms with Crippen molar-refractivity contribution in [3.05, 3.63) is 187 Å². The van der Waals surface area contributed by atoms with Crippen LogP contribution in [0.2, 0.25) is 0 Å². The van der Waals surface area contributed by atoms with Crippen LogP contribution < -0.4 is 10.1 Å². The van der Waals surface area contributed by atoms with Crippen molar-refractivity contribution in [2.75, 3.05) is 40.3 Å². The second kappa shape index (κ2) is 23.5. The molecule has 1 amide bonds. The number of benzene rings is 5. The van der Waals surface area contributed by atoms with E-state index in [1.54, 1.807) is 48.5 Å². The second-order valence-corrected chi connectivity index (χ2v) is 16.5. The predicted octanol–water partition coefficient (Wildman–Crippen LogP) is 10.1. The zero-order valence-electron chi connectivity index (χ0n) is 37.5. The predicted molar refractivity (Wildman–Crippen MR) is 250 cm³/mol. The van der Waals surface area contributed by atoms with Crippen LogP contribution in [0.5, 0.6) is 5.75 Å². The molecule has 15 heteroatoms. The number of aromatic nitrogens is 4. The van der Waals surface area contributed by atoms with E-state index in [1.165, 1.54) is 72.6 Å². The minimum Gasteiger partial charge on any atom is -0.410 e. The third-order valence-corrected chi connectivity index (χ3v) is 11.9. The molecule has 348 valence electrons. The van der Waals surface area contributed by atoms with Crippen LogP contribution in [0.3, 0.4) is 0 Å². The molecule has 0 bridgehead atoms. The van der Waals surface area contributed by atoms with Crippen LogP contribution in [0, 0.1) is 23.3 Å². The van der Waals surface area contributed by atoms with E-state index < -0.39 is 29.4 Å². The first-order valence-corrected chi connectivity index (χ1v) is 22.3. The topological polar surface area (TPSA) is 101 Å². The summed E-state index contributed by atoms with van der Waals surface area (Å²) in [6, 6.07) is 37.4. The fourth-order valence-electron chi connectivity index (χ4n) is 7.97. The second-order valence-electron chi connectivity index (χ2n) is 16.5. The van der Waals surface area contributed by atoms with E-state index in [-0.39, 0.29) is 12.1 Å². The van der Waals surface area contributed by atoms with Gasteiger partial charge in [-0.05, 0) is 105 Å². The first-order chi connectivity index (χ1) is 32.5. The van der Waals surface area contributed by atoms with Gasteiger partial charge in [0, 0.05) is 68.8 Å². The summed E-state index contributed by atoms with van der Waals surface area (Å²) in [7, 11) is 3.87. The maximum Gasteiger partial charge on any atom is 0.424 e. The van der Waals surface area contributed by atoms with E-state index in [2.05, 4.69) is 74.6 Å². The smallest absolute Gasteiger partial charge is 0.410 e. The number of nitrogens with one attached hydrogen (secondary N) is 1. The molecule has 0 atom stereocenters. The zero-order valence-corrected chi connectivity index (χ0v) is 37.5. The summed E-state index contributed by atoms with van der Waals surface area (Å²) >= 11 is 0. The Morgan fingerprint density at radius 3 is 1.54 bits per heavy atom. The van der Waals surface area contributed by atoms with Crippen molar-refractivity contribution in [2.24, 2.45) is 0 Å². The Morgan fingerprint density at radius 2 is 1.06 bits per heavy atom. The van der Waals surface area contributed by atoms with Crippen LogP contribution >= 0.6 is 0 Å². The molecule has 0 aliphatic carbocycles. The van der Waals surface area contributed by atoms with Crippen molar-refractivity contribution >= 4 is 12.1 Å². The number of carbonyl (C=O) groups excluding carboxylic acids is 2. The van der Waals surface area contributed by atoms with Gasteiger partial charge in [-0.25, -0.2) is 41.7 Å². The highest BCUT2D eigenvalue weighted by Crippen LogP contribution is 2.23. The fourth-order valence-corrected chi connectivity index (χ4v) is 7.97. The van der Waals surface area contributed by atoms with E-state index >= 15 is 0 Å². The lowest BCUT2D eigenvalue weighted by Gasteiger charge is -2.36. The summed E-state index contributed by atoms with van der Waals surface area (Å²) in [4.78, 5) is 39.7. The standard InChI is InChI=1S/C23H24F2N4O.C16H10F2N2O2.C13H20N2/c1-27(19-9-11-28(12-10-19)14-17-5-3-2-4-6-17)23(30)29-15-22(26-16-29)18-7-8-20(24)21(25)13-18;17-13-7-6-11(8-14(13)18)15-9-20(10-19-15)16(21)22-12-4-2-1-3-5-12;1-14-13-7-9-15(10-8-13)11-12-5-3-2-4-6-12/h2-8,13,15-16,19H,9-12,14H2,1H3;1-10H;2-6,13-14H,7-11H2,1H3. The molecule has 5 aromatic carbocycles. The number of amides is 1. The SMILES string of the molecule is CN(C(=O)n1cnc(-c2ccc(F)c(F)c2)c1)C1CCN(Cc2ccccc2)CC1.CNC1CCN(Cc2ccccc2)CC1.O=C(Oc1ccccc1)n1cnc(-c2ccc(F)c(F)c2)c1. The van der Waals surface area contributed by atoms with E-state index in [0.717, 1.165) is 73.9 Å². The molecule has 0 unspecified atom stereocenters. The summed E-state index contributed by atoms with van der Waals surface area (Å²) in [6.45, 7) is 6.34. The number of para-hydroxylation sites is 1. The number of rotatable bonds is 9. The van der Waals surface area contributed by atoms with Gasteiger partial charge in [0.05, 0.1) is 11.4 Å². The molecule has 11 nitrogen and oxygen atoms in total. The van der Waals surface area contributed by atoms with Crippen molar-refractivity contribution in [3.8, 4) is 28.3 Å². The van der Waals surface area contributed by atoms with Crippen LogP contribution in [0.15, 0.2) is 152 Å². The molecule has 2 aromatic heterocycles. The van der Waals surface area contributed by atoms with Gasteiger partial charge in [0.15, 0.2) is 23.3 Å². The minimum atomic E-state index is -0.973. The Balaban J connectivity index is 0.000000158. The molecular weight excluding hydrogens is 861 g/mol. The number of carbonyl (C=O) groups is 2. The molecule has 9 rings (SSSR count). The Labute approximate surface area is 388 Å². The Kier molecular flexibility index (Phi) is 16.8. The molecule has 2 saturated heterocycles. The van der Waals surface area contributed by atoms with E-state index in [1.807, 2.05) is 18.2 Å². The summed E-state index contributed by atoms with van der Waals surface area (Å²) in [5, 5.41) is 3.36. The quantitative estimate of drug-likeness (QED) is 0.143. The molecule has 0 spiro atoms. The van der Waals surface area contributed by atoms with Gasteiger partial charge >= 0.3 is 12.1 Å². The van der Waals surface area contributed by atoms with Crippen molar-refractivity contribution in [2.45, 2.75) is 50.9 Å². The lowest BCUT2D eigenvalue weighted by molar-refractivity contribution is 0.132. The third kappa shape index (κ3) is 13.6. The first kappa shape index (κ1) is 48.0. The van der Waals surface area contributed by atoms with E-state index in [0.29, 0.717) is 28.3 Å². The van der Waals surface area contributed by atoms with Gasteiger partial charge < -0.3 is 15.0 Å². The Hall–Kier alpha value is -6.94. The highest BCUT2D eigenvalue weighted by Gasteiger charge is 2.27. The number of halogens is 4. The van der Waals surface area contributed by atoms with Crippen LogP contribution in [0.25, 0.3) is 22.5 Å². The molecule has 1 N–H and O–H groups in total. The largest absolute Gasteiger partial charge is 0.424 e. The molecule has 4 heterocycles. The molecule has 2 aliphatic rings. The summed E-state index contributed by atoms with van der Waals surface area (Å²) < 4.78 is 60.4. The average molecular weight is 915 g/mol. The zero-order chi connectivity index (χ0) is 47.1. The van der Waals surface area contributed by atoms with Gasteiger partial charge in [0.1, 0.15) is 18.4 Å². The van der Waals surface area contributed by atoms with Crippen LogP contribution in [0.4, 0.5) is 27.2 Å². The van der Waals surface area contributed by atoms with Gasteiger partial charge in [-0.3, -0.25) is 14.4 Å². The van der Waals surface area contributed by atoms with Crippen molar-refractivity contribution in [1.82, 2.24) is 39.1 Å². The number of hydrogen-bond acceptors (Lipinski definition) is 8. The summed E-state index contributed by atoms with van der Waals surface area (Å²) in [5.74, 6) is -3.36. The lowest BCUT2D eigenvalue weighted by atomic mass is 10.0. The van der Waals surface area contributed by atoms with Crippen LogP contribution in [-0.4, -0.2) is 98.3 Å². The minimum absolute atomic E-state index is 0.152. The molecular formula is C52H54F4N8O3. The maximum absolute atomic E-state index is 13.5. The van der Waals surface area contributed by atoms with Crippen LogP contribution in [-0.2, 0) is 13.1 Å². The normalized spacial score (nSPS) is 14.6. The van der Waals surface area contributed by atoms with E-state index in [9.17, 15) is 27.2 Å². The molecule has 67 heavy (non-hydrogen) atoms. The number of ether oxygens (including phenoxy) is 1. The average Bonchev–Trinajstić information content (AvgIpc) is 4.07. The number of likely N-dealkylation sites (tertiary alicyclic amines) is 2. The van der Waals surface area contributed by atoms with E-state index in [4.69, 9.17) is 4.74 Å². The monoisotopic (exact) mass is 914 g/mol. The molecule has 2 aliphatic heterocycles. The highest BCUT2D eigenvalue weighted by atomic mass is 19.2. The summed E-state index contributed by atoms with van der Waals surface area (Å²) in [5.41, 5.74) is 4.28. The van der Waals surface area contributed by atoms with Gasteiger partial charge in [-0.15, -0.1) is 0 Å².